The topological polar surface area (TPSA) is 73.2 Å². The van der Waals surface area contributed by atoms with Crippen molar-refractivity contribution in [1.29, 1.82) is 0 Å². The van der Waals surface area contributed by atoms with Gasteiger partial charge in [-0.15, -0.1) is 0 Å². The summed E-state index contributed by atoms with van der Waals surface area (Å²) in [5, 5.41) is 0.997. The van der Waals surface area contributed by atoms with Crippen LogP contribution in [0.4, 0.5) is 4.79 Å². The average Bonchev–Trinajstić information content (AvgIpc) is 3.25. The van der Waals surface area contributed by atoms with Gasteiger partial charge in [-0.05, 0) is 88.9 Å². The van der Waals surface area contributed by atoms with Crippen LogP contribution >= 0.6 is 0 Å². The molecule has 2 aromatic carbocycles. The number of hydrogen-bond acceptors (Lipinski definition) is 7. The molecular weight excluding hydrogens is 518 g/mol. The van der Waals surface area contributed by atoms with Crippen LogP contribution in [-0.2, 0) is 21.6 Å². The molecule has 0 spiro atoms. The number of ether oxygens (including phenoxy) is 3. The summed E-state index contributed by atoms with van der Waals surface area (Å²) in [5.41, 5.74) is 3.86. The largest absolute Gasteiger partial charge is 0.496 e. The van der Waals surface area contributed by atoms with Crippen molar-refractivity contribution in [2.45, 2.75) is 77.6 Å². The normalized spacial score (nSPS) is 21.6. The highest BCUT2D eigenvalue weighted by Gasteiger charge is 2.47. The van der Waals surface area contributed by atoms with Crippen molar-refractivity contribution in [3.8, 4) is 5.75 Å². The first-order chi connectivity index (χ1) is 19.5. The fourth-order valence-electron chi connectivity index (χ4n) is 6.88. The molecule has 0 N–H and O–H groups in total. The summed E-state index contributed by atoms with van der Waals surface area (Å²) in [6.07, 6.45) is 4.57. The highest BCUT2D eigenvalue weighted by atomic mass is 16.6. The quantitative estimate of drug-likeness (QED) is 0.336. The van der Waals surface area contributed by atoms with Crippen molar-refractivity contribution in [1.82, 2.24) is 14.4 Å². The molecule has 3 aromatic rings. The van der Waals surface area contributed by atoms with E-state index in [-0.39, 0.29) is 17.6 Å². The minimum Gasteiger partial charge on any atom is -0.496 e. The van der Waals surface area contributed by atoms with Gasteiger partial charge in [-0.25, -0.2) is 9.59 Å². The van der Waals surface area contributed by atoms with Crippen molar-refractivity contribution in [2.75, 3.05) is 33.9 Å². The number of esters is 1. The number of likely N-dealkylation sites (N-methyl/N-ethyl adjacent to an activating group) is 1. The molecule has 3 aliphatic heterocycles. The van der Waals surface area contributed by atoms with E-state index in [0.29, 0.717) is 18.2 Å². The number of fused-ring (bicyclic) bond motifs is 5. The summed E-state index contributed by atoms with van der Waals surface area (Å²) in [6, 6.07) is 12.5. The van der Waals surface area contributed by atoms with Gasteiger partial charge in [0.05, 0.1) is 25.3 Å². The van der Waals surface area contributed by atoms with Crippen LogP contribution in [0.1, 0.15) is 74.0 Å². The fourth-order valence-corrected chi connectivity index (χ4v) is 6.88. The third-order valence-electron chi connectivity index (χ3n) is 8.90. The third kappa shape index (κ3) is 5.35. The summed E-state index contributed by atoms with van der Waals surface area (Å²) in [7, 11) is 3.12. The molecule has 2 atom stereocenters. The number of rotatable bonds is 6. The molecule has 3 saturated heterocycles. The lowest BCUT2D eigenvalue weighted by Gasteiger charge is -2.48. The minimum absolute atomic E-state index is 0.189. The Bertz CT molecular complexity index is 1440. The van der Waals surface area contributed by atoms with E-state index in [9.17, 15) is 9.59 Å². The second kappa shape index (κ2) is 11.1. The summed E-state index contributed by atoms with van der Waals surface area (Å²) >= 11 is 0. The molecule has 41 heavy (non-hydrogen) atoms. The standard InChI is InChI=1S/C33H43N3O5/c1-8-34-18-16-33(24-11-9-23(10-12-24)30(37)40-7)15-13-25(34)20-35(33)21-27-26-14-17-36(31(38)41-32(3,4)5)29(26)22(2)19-28(27)39-6/h9-12,14,17,19,25H,8,13,15-16,18,20-21H2,1-7H3. The molecule has 8 heteroatoms. The number of methoxy groups -OCH3 is 2. The maximum Gasteiger partial charge on any atom is 0.419 e. The number of carbonyl (C=O) groups is 2. The van der Waals surface area contributed by atoms with Crippen LogP contribution in [0.15, 0.2) is 42.6 Å². The Morgan fingerprint density at radius 3 is 2.44 bits per heavy atom. The van der Waals surface area contributed by atoms with Crippen molar-refractivity contribution in [3.63, 3.8) is 0 Å². The predicted octanol–water partition coefficient (Wildman–Crippen LogP) is 6.11. The van der Waals surface area contributed by atoms with E-state index < -0.39 is 5.60 Å². The zero-order chi connectivity index (χ0) is 29.5. The fraction of sp³-hybridized carbons (Fsp3) is 0.515. The van der Waals surface area contributed by atoms with Gasteiger partial charge in [0.1, 0.15) is 11.4 Å². The van der Waals surface area contributed by atoms with E-state index in [4.69, 9.17) is 14.2 Å². The number of carbonyl (C=O) groups excluding carboxylic acids is 2. The first kappa shape index (κ1) is 29.1. The molecule has 0 aliphatic carbocycles. The zero-order valence-electron chi connectivity index (χ0n) is 25.5. The summed E-state index contributed by atoms with van der Waals surface area (Å²) in [5.74, 6) is 0.495. The number of hydrogen-bond donors (Lipinski definition) is 0. The van der Waals surface area contributed by atoms with Crippen LogP contribution in [0, 0.1) is 6.92 Å². The minimum atomic E-state index is -0.594. The van der Waals surface area contributed by atoms with E-state index in [2.05, 4.69) is 28.9 Å². The van der Waals surface area contributed by atoms with Crippen molar-refractivity contribution in [2.24, 2.45) is 0 Å². The summed E-state index contributed by atoms with van der Waals surface area (Å²) in [6.45, 7) is 13.5. The first-order valence-electron chi connectivity index (χ1n) is 14.6. The molecule has 0 amide bonds. The number of piperidine rings is 1. The highest BCUT2D eigenvalue weighted by Crippen LogP contribution is 2.46. The average molecular weight is 562 g/mol. The molecule has 3 fully saturated rings. The second-order valence-corrected chi connectivity index (χ2v) is 12.4. The third-order valence-corrected chi connectivity index (χ3v) is 8.90. The highest BCUT2D eigenvalue weighted by molar-refractivity contribution is 5.95. The van der Waals surface area contributed by atoms with E-state index in [1.54, 1.807) is 11.7 Å². The lowest BCUT2D eigenvalue weighted by Crippen LogP contribution is -2.52. The van der Waals surface area contributed by atoms with Crippen LogP contribution < -0.4 is 4.74 Å². The van der Waals surface area contributed by atoms with Crippen LogP contribution in [0.25, 0.3) is 10.9 Å². The van der Waals surface area contributed by atoms with Crippen LogP contribution in [0.5, 0.6) is 5.75 Å². The van der Waals surface area contributed by atoms with Gasteiger partial charge in [-0.3, -0.25) is 14.4 Å². The maximum atomic E-state index is 13.2. The second-order valence-electron chi connectivity index (χ2n) is 12.4. The maximum absolute atomic E-state index is 13.2. The van der Waals surface area contributed by atoms with Crippen molar-refractivity contribution in [3.05, 3.63) is 64.8 Å². The number of nitrogens with zero attached hydrogens (tertiary/aromatic N) is 3. The van der Waals surface area contributed by atoms with Gasteiger partial charge in [0.2, 0.25) is 0 Å². The Hall–Kier alpha value is -3.36. The van der Waals surface area contributed by atoms with E-state index >= 15 is 0 Å². The van der Waals surface area contributed by atoms with E-state index in [0.717, 1.165) is 66.7 Å². The Morgan fingerprint density at radius 1 is 1.07 bits per heavy atom. The van der Waals surface area contributed by atoms with Crippen molar-refractivity contribution >= 4 is 23.0 Å². The van der Waals surface area contributed by atoms with Crippen LogP contribution in [0.3, 0.4) is 0 Å². The van der Waals surface area contributed by atoms with Crippen LogP contribution in [-0.4, -0.2) is 71.9 Å². The Labute approximate surface area is 243 Å². The molecule has 2 unspecified atom stereocenters. The van der Waals surface area contributed by atoms with E-state index in [1.165, 1.54) is 12.7 Å². The molecule has 0 radical (unpaired) electrons. The molecular formula is C33H43N3O5. The van der Waals surface area contributed by atoms with Crippen molar-refractivity contribution < 1.29 is 23.8 Å². The molecule has 8 nitrogen and oxygen atoms in total. The van der Waals surface area contributed by atoms with Crippen LogP contribution in [0.2, 0.25) is 0 Å². The molecule has 1 aromatic heterocycles. The van der Waals surface area contributed by atoms with Gasteiger partial charge in [0.15, 0.2) is 0 Å². The van der Waals surface area contributed by atoms with Gasteiger partial charge >= 0.3 is 12.1 Å². The lowest BCUT2D eigenvalue weighted by atomic mass is 9.77. The zero-order valence-corrected chi connectivity index (χ0v) is 25.5. The van der Waals surface area contributed by atoms with Gasteiger partial charge < -0.3 is 14.2 Å². The van der Waals surface area contributed by atoms with Gasteiger partial charge in [-0.2, -0.15) is 0 Å². The smallest absolute Gasteiger partial charge is 0.419 e. The van der Waals surface area contributed by atoms with Gasteiger partial charge in [0, 0.05) is 48.4 Å². The summed E-state index contributed by atoms with van der Waals surface area (Å²) < 4.78 is 18.2. The molecule has 0 saturated carbocycles. The number of aromatic nitrogens is 1. The predicted molar refractivity (Wildman–Crippen MR) is 160 cm³/mol. The summed E-state index contributed by atoms with van der Waals surface area (Å²) in [4.78, 5) is 30.5. The molecule has 6 rings (SSSR count). The lowest BCUT2D eigenvalue weighted by molar-refractivity contribution is 0.0244. The molecule has 3 aliphatic rings. The Morgan fingerprint density at radius 2 is 1.80 bits per heavy atom. The monoisotopic (exact) mass is 561 g/mol. The first-order valence-corrected chi connectivity index (χ1v) is 14.6. The molecule has 4 heterocycles. The Kier molecular flexibility index (Phi) is 7.92. The molecule has 220 valence electrons. The Balaban J connectivity index is 1.60. The molecule has 2 bridgehead atoms. The number of aryl methyl sites for hydroxylation is 1. The van der Waals surface area contributed by atoms with Gasteiger partial charge in [0.25, 0.3) is 0 Å². The van der Waals surface area contributed by atoms with Gasteiger partial charge in [-0.1, -0.05) is 19.1 Å². The SMILES string of the molecule is CCN1CCC2(c3ccc(C(=O)OC)cc3)CCC1CN2Cc1c(OC)cc(C)c2c1ccn2C(=O)OC(C)(C)C. The van der Waals surface area contributed by atoms with E-state index in [1.807, 2.05) is 58.2 Å². The number of benzene rings is 2.